The normalized spacial score (nSPS) is 12.0. The number of benzene rings is 2. The Labute approximate surface area is 143 Å². The molecule has 1 N–H and O–H groups in total. The summed E-state index contributed by atoms with van der Waals surface area (Å²) in [5.74, 6) is 0.326. The van der Waals surface area contributed by atoms with Crippen LogP contribution in [0.25, 0.3) is 11.0 Å². The standard InChI is InChI=1S/C16H15ClN4O3/c1-10(16(22)18-12-4-3-5-13(9-12)23-2)24-21-15-8-11(17)6-7-14(15)19-20-21/h3-10H,1-2H3,(H,18,22). The van der Waals surface area contributed by atoms with Crippen LogP contribution in [0.2, 0.25) is 5.02 Å². The van der Waals surface area contributed by atoms with E-state index < -0.39 is 6.10 Å². The summed E-state index contributed by atoms with van der Waals surface area (Å²) in [5, 5.41) is 11.1. The molecule has 1 aromatic heterocycles. The van der Waals surface area contributed by atoms with Crippen LogP contribution in [-0.2, 0) is 4.79 Å². The largest absolute Gasteiger partial charge is 0.497 e. The highest BCUT2D eigenvalue weighted by Gasteiger charge is 2.18. The summed E-state index contributed by atoms with van der Waals surface area (Å²) in [7, 11) is 1.56. The Morgan fingerprint density at radius 3 is 2.92 bits per heavy atom. The quantitative estimate of drug-likeness (QED) is 0.768. The molecule has 0 aliphatic carbocycles. The molecule has 0 saturated heterocycles. The number of hydrogen-bond acceptors (Lipinski definition) is 5. The number of ether oxygens (including phenoxy) is 1. The molecular formula is C16H15ClN4O3. The smallest absolute Gasteiger partial charge is 0.267 e. The fourth-order valence-corrected chi connectivity index (χ4v) is 2.26. The van der Waals surface area contributed by atoms with Gasteiger partial charge in [-0.2, -0.15) is 0 Å². The Kier molecular flexibility index (Phi) is 4.52. The third kappa shape index (κ3) is 3.41. The number of carbonyl (C=O) groups is 1. The Balaban J connectivity index is 1.72. The maximum Gasteiger partial charge on any atom is 0.267 e. The van der Waals surface area contributed by atoms with Crippen molar-refractivity contribution in [2.24, 2.45) is 0 Å². The molecule has 0 fully saturated rings. The number of anilines is 1. The number of halogens is 1. The van der Waals surface area contributed by atoms with E-state index in [2.05, 4.69) is 15.6 Å². The van der Waals surface area contributed by atoms with E-state index in [1.54, 1.807) is 56.5 Å². The van der Waals surface area contributed by atoms with E-state index in [1.165, 1.54) is 4.85 Å². The lowest BCUT2D eigenvalue weighted by molar-refractivity contribution is -0.127. The third-order valence-electron chi connectivity index (χ3n) is 3.34. The third-order valence-corrected chi connectivity index (χ3v) is 3.58. The minimum Gasteiger partial charge on any atom is -0.497 e. The van der Waals surface area contributed by atoms with Crippen LogP contribution in [-0.4, -0.2) is 34.3 Å². The maximum absolute atomic E-state index is 12.3. The first-order valence-corrected chi connectivity index (χ1v) is 7.57. The topological polar surface area (TPSA) is 78.3 Å². The lowest BCUT2D eigenvalue weighted by atomic mass is 10.3. The van der Waals surface area contributed by atoms with Crippen molar-refractivity contribution in [2.75, 3.05) is 12.4 Å². The molecule has 124 valence electrons. The molecule has 7 nitrogen and oxygen atoms in total. The van der Waals surface area contributed by atoms with E-state index in [0.29, 0.717) is 27.5 Å². The van der Waals surface area contributed by atoms with Crippen LogP contribution in [0.15, 0.2) is 42.5 Å². The van der Waals surface area contributed by atoms with Crippen LogP contribution in [0.1, 0.15) is 6.92 Å². The summed E-state index contributed by atoms with van der Waals surface area (Å²) in [4.78, 5) is 19.0. The summed E-state index contributed by atoms with van der Waals surface area (Å²) in [6, 6.07) is 12.2. The number of fused-ring (bicyclic) bond motifs is 1. The summed E-state index contributed by atoms with van der Waals surface area (Å²) in [6.07, 6.45) is -0.792. The van der Waals surface area contributed by atoms with E-state index in [9.17, 15) is 4.79 Å². The molecule has 0 spiro atoms. The number of aromatic nitrogens is 3. The van der Waals surface area contributed by atoms with Gasteiger partial charge in [-0.25, -0.2) is 0 Å². The molecule has 24 heavy (non-hydrogen) atoms. The zero-order valence-electron chi connectivity index (χ0n) is 13.1. The van der Waals surface area contributed by atoms with E-state index in [-0.39, 0.29) is 5.91 Å². The second kappa shape index (κ2) is 6.76. The van der Waals surface area contributed by atoms with Crippen molar-refractivity contribution in [1.29, 1.82) is 0 Å². The minimum absolute atomic E-state index is 0.325. The average molecular weight is 347 g/mol. The molecule has 0 saturated carbocycles. The Bertz CT molecular complexity index is 881. The van der Waals surface area contributed by atoms with Crippen LogP contribution in [0, 0.1) is 0 Å². The van der Waals surface area contributed by atoms with E-state index in [1.807, 2.05) is 0 Å². The van der Waals surface area contributed by atoms with Crippen LogP contribution < -0.4 is 14.9 Å². The summed E-state index contributed by atoms with van der Waals surface area (Å²) in [6.45, 7) is 1.62. The van der Waals surface area contributed by atoms with Crippen molar-refractivity contribution in [3.05, 3.63) is 47.5 Å². The molecule has 1 amide bonds. The minimum atomic E-state index is -0.792. The first-order valence-electron chi connectivity index (χ1n) is 7.20. The van der Waals surface area contributed by atoms with Crippen molar-refractivity contribution in [3.63, 3.8) is 0 Å². The van der Waals surface area contributed by atoms with Gasteiger partial charge < -0.3 is 14.9 Å². The summed E-state index contributed by atoms with van der Waals surface area (Å²) < 4.78 is 5.12. The number of hydrogen-bond donors (Lipinski definition) is 1. The second-order valence-corrected chi connectivity index (χ2v) is 5.50. The highest BCUT2D eigenvalue weighted by Crippen LogP contribution is 2.18. The van der Waals surface area contributed by atoms with Crippen LogP contribution >= 0.6 is 11.6 Å². The van der Waals surface area contributed by atoms with Crippen LogP contribution in [0.5, 0.6) is 5.75 Å². The first-order chi connectivity index (χ1) is 11.6. The molecule has 3 aromatic rings. The Hall–Kier alpha value is -2.80. The lowest BCUT2D eigenvalue weighted by Gasteiger charge is -2.14. The average Bonchev–Trinajstić information content (AvgIpc) is 2.97. The second-order valence-electron chi connectivity index (χ2n) is 5.06. The maximum atomic E-state index is 12.3. The van der Waals surface area contributed by atoms with Gasteiger partial charge in [0.15, 0.2) is 0 Å². The molecule has 2 aromatic carbocycles. The van der Waals surface area contributed by atoms with Gasteiger partial charge >= 0.3 is 0 Å². The van der Waals surface area contributed by atoms with Crippen molar-refractivity contribution in [3.8, 4) is 5.75 Å². The molecular weight excluding hydrogens is 332 g/mol. The fourth-order valence-electron chi connectivity index (χ4n) is 2.09. The van der Waals surface area contributed by atoms with E-state index >= 15 is 0 Å². The van der Waals surface area contributed by atoms with E-state index in [4.69, 9.17) is 21.2 Å². The number of rotatable bonds is 5. The molecule has 1 unspecified atom stereocenters. The lowest BCUT2D eigenvalue weighted by Crippen LogP contribution is -2.35. The van der Waals surface area contributed by atoms with Crippen molar-refractivity contribution in [2.45, 2.75) is 13.0 Å². The number of nitrogens with one attached hydrogen (secondary N) is 1. The number of carbonyl (C=O) groups excluding carboxylic acids is 1. The van der Waals surface area contributed by atoms with Gasteiger partial charge in [0.2, 0.25) is 6.10 Å². The van der Waals surface area contributed by atoms with Gasteiger partial charge in [0.05, 0.1) is 7.11 Å². The molecule has 3 rings (SSSR count). The van der Waals surface area contributed by atoms with Gasteiger partial charge in [0, 0.05) is 16.8 Å². The molecule has 0 aliphatic rings. The van der Waals surface area contributed by atoms with Gasteiger partial charge in [0.25, 0.3) is 5.91 Å². The summed E-state index contributed by atoms with van der Waals surface area (Å²) >= 11 is 5.97. The van der Waals surface area contributed by atoms with Gasteiger partial charge in [-0.3, -0.25) is 4.79 Å². The van der Waals surface area contributed by atoms with Crippen LogP contribution in [0.3, 0.4) is 0 Å². The number of nitrogens with zero attached hydrogens (tertiary/aromatic N) is 3. The molecule has 0 bridgehead atoms. The molecule has 8 heteroatoms. The first kappa shape index (κ1) is 16.1. The van der Waals surface area contributed by atoms with Gasteiger partial charge in [0.1, 0.15) is 16.8 Å². The zero-order chi connectivity index (χ0) is 17.1. The van der Waals surface area contributed by atoms with Crippen molar-refractivity contribution >= 4 is 34.2 Å². The van der Waals surface area contributed by atoms with Crippen molar-refractivity contribution in [1.82, 2.24) is 15.2 Å². The van der Waals surface area contributed by atoms with Gasteiger partial charge in [-0.1, -0.05) is 22.5 Å². The monoisotopic (exact) mass is 346 g/mol. The Morgan fingerprint density at radius 2 is 2.12 bits per heavy atom. The molecule has 1 heterocycles. The van der Waals surface area contributed by atoms with Gasteiger partial charge in [-0.15, -0.1) is 5.10 Å². The predicted octanol–water partition coefficient (Wildman–Crippen LogP) is 2.55. The fraction of sp³-hybridized carbons (Fsp3) is 0.188. The summed E-state index contributed by atoms with van der Waals surface area (Å²) in [5.41, 5.74) is 1.82. The SMILES string of the molecule is COc1cccc(NC(=O)C(C)On2nnc3ccc(Cl)cc32)c1. The van der Waals surface area contributed by atoms with Crippen molar-refractivity contribution < 1.29 is 14.4 Å². The van der Waals surface area contributed by atoms with E-state index in [0.717, 1.165) is 0 Å². The molecule has 0 aliphatic heterocycles. The number of amides is 1. The Morgan fingerprint density at radius 1 is 1.29 bits per heavy atom. The highest BCUT2D eigenvalue weighted by molar-refractivity contribution is 6.31. The predicted molar refractivity (Wildman–Crippen MR) is 90.2 cm³/mol. The van der Waals surface area contributed by atoms with Crippen LogP contribution in [0.4, 0.5) is 5.69 Å². The molecule has 0 radical (unpaired) electrons. The van der Waals surface area contributed by atoms with Gasteiger partial charge in [-0.05, 0) is 42.5 Å². The highest BCUT2D eigenvalue weighted by atomic mass is 35.5. The number of methoxy groups -OCH3 is 1. The zero-order valence-corrected chi connectivity index (χ0v) is 13.8. The molecule has 1 atom stereocenters.